The van der Waals surface area contributed by atoms with Crippen LogP contribution >= 0.6 is 0 Å². The summed E-state index contributed by atoms with van der Waals surface area (Å²) in [5.41, 5.74) is 6.76. The van der Waals surface area contributed by atoms with Crippen LogP contribution in [0.25, 0.3) is 0 Å². The molecule has 0 radical (unpaired) electrons. The summed E-state index contributed by atoms with van der Waals surface area (Å²) in [6, 6.07) is 8.97. The topological polar surface area (TPSA) is 58.4 Å². The Hall–Kier alpha value is -1.39. The van der Waals surface area contributed by atoms with Gasteiger partial charge in [0.1, 0.15) is 6.04 Å². The number of benzene rings is 1. The number of nitrogens with zero attached hydrogens (tertiary/aromatic N) is 1. The number of nitrogens with one attached hydrogen (secondary N) is 1. The van der Waals surface area contributed by atoms with Gasteiger partial charge < -0.3 is 16.0 Å². The molecule has 4 nitrogen and oxygen atoms in total. The molecule has 0 bridgehead atoms. The highest BCUT2D eigenvalue weighted by atomic mass is 16.2. The quantitative estimate of drug-likeness (QED) is 0.795. The molecule has 3 N–H and O–H groups in total. The van der Waals surface area contributed by atoms with Crippen molar-refractivity contribution in [3.63, 3.8) is 0 Å². The molecule has 2 unspecified atom stereocenters. The number of carbonyl (C=O) groups is 1. The fourth-order valence-corrected chi connectivity index (χ4v) is 1.67. The van der Waals surface area contributed by atoms with Gasteiger partial charge in [-0.05, 0) is 39.5 Å². The SMILES string of the molecule is CC(CCN(C)C)NC(=O)C(N)c1ccccc1. The van der Waals surface area contributed by atoms with E-state index in [0.29, 0.717) is 0 Å². The fourth-order valence-electron chi connectivity index (χ4n) is 1.67. The van der Waals surface area contributed by atoms with Crippen LogP contribution in [0.5, 0.6) is 0 Å². The summed E-state index contributed by atoms with van der Waals surface area (Å²) in [5, 5.41) is 2.94. The number of carbonyl (C=O) groups excluding carboxylic acids is 1. The highest BCUT2D eigenvalue weighted by Gasteiger charge is 2.17. The van der Waals surface area contributed by atoms with E-state index in [0.717, 1.165) is 18.5 Å². The average Bonchev–Trinajstić information content (AvgIpc) is 2.36. The lowest BCUT2D eigenvalue weighted by Gasteiger charge is -2.19. The van der Waals surface area contributed by atoms with Gasteiger partial charge >= 0.3 is 0 Å². The van der Waals surface area contributed by atoms with E-state index < -0.39 is 6.04 Å². The van der Waals surface area contributed by atoms with Gasteiger partial charge in [0.05, 0.1) is 0 Å². The van der Waals surface area contributed by atoms with Crippen LogP contribution in [0.1, 0.15) is 24.9 Å². The Kier molecular flexibility index (Phi) is 5.82. The predicted octanol–water partition coefficient (Wildman–Crippen LogP) is 1.14. The van der Waals surface area contributed by atoms with Crippen molar-refractivity contribution in [1.82, 2.24) is 10.2 Å². The summed E-state index contributed by atoms with van der Waals surface area (Å²) in [6.45, 7) is 2.95. The van der Waals surface area contributed by atoms with E-state index in [1.54, 1.807) is 0 Å². The van der Waals surface area contributed by atoms with E-state index in [1.807, 2.05) is 51.4 Å². The summed E-state index contributed by atoms with van der Waals surface area (Å²) < 4.78 is 0. The second-order valence-corrected chi connectivity index (χ2v) is 4.89. The standard InChI is InChI=1S/C14H23N3O/c1-11(9-10-17(2)3)16-14(18)13(15)12-7-5-4-6-8-12/h4-8,11,13H,9-10,15H2,1-3H3,(H,16,18). The zero-order valence-electron chi connectivity index (χ0n) is 11.4. The molecule has 0 aliphatic carbocycles. The third-order valence-corrected chi connectivity index (χ3v) is 2.84. The van der Waals surface area contributed by atoms with Crippen molar-refractivity contribution in [3.8, 4) is 0 Å². The Labute approximate surface area is 109 Å². The first-order chi connectivity index (χ1) is 8.50. The monoisotopic (exact) mass is 249 g/mol. The number of amides is 1. The molecule has 100 valence electrons. The molecule has 0 heterocycles. The van der Waals surface area contributed by atoms with Crippen molar-refractivity contribution in [2.75, 3.05) is 20.6 Å². The number of hydrogen-bond acceptors (Lipinski definition) is 3. The minimum absolute atomic E-state index is 0.118. The van der Waals surface area contributed by atoms with Crippen LogP contribution in [0.2, 0.25) is 0 Å². The van der Waals surface area contributed by atoms with Crippen molar-refractivity contribution in [2.24, 2.45) is 5.73 Å². The third kappa shape index (κ3) is 4.85. The largest absolute Gasteiger partial charge is 0.352 e. The maximum Gasteiger partial charge on any atom is 0.241 e. The molecule has 18 heavy (non-hydrogen) atoms. The van der Waals surface area contributed by atoms with Gasteiger partial charge in [-0.1, -0.05) is 30.3 Å². The van der Waals surface area contributed by atoms with Gasteiger partial charge in [0.2, 0.25) is 5.91 Å². The molecule has 0 fully saturated rings. The average molecular weight is 249 g/mol. The fraction of sp³-hybridized carbons (Fsp3) is 0.500. The summed E-state index contributed by atoms with van der Waals surface area (Å²) >= 11 is 0. The molecule has 0 aliphatic heterocycles. The lowest BCUT2D eigenvalue weighted by molar-refractivity contribution is -0.123. The smallest absolute Gasteiger partial charge is 0.241 e. The van der Waals surface area contributed by atoms with Gasteiger partial charge in [0.25, 0.3) is 0 Å². The van der Waals surface area contributed by atoms with E-state index in [4.69, 9.17) is 5.73 Å². The Morgan fingerprint density at radius 2 is 1.94 bits per heavy atom. The maximum absolute atomic E-state index is 11.9. The summed E-state index contributed by atoms with van der Waals surface area (Å²) in [5.74, 6) is -0.118. The Morgan fingerprint density at radius 3 is 2.50 bits per heavy atom. The summed E-state index contributed by atoms with van der Waals surface area (Å²) in [7, 11) is 4.04. The molecule has 0 spiro atoms. The molecule has 1 amide bonds. The van der Waals surface area contributed by atoms with Gasteiger partial charge in [0.15, 0.2) is 0 Å². The van der Waals surface area contributed by atoms with Gasteiger partial charge in [-0.15, -0.1) is 0 Å². The summed E-state index contributed by atoms with van der Waals surface area (Å²) in [4.78, 5) is 14.0. The second kappa shape index (κ2) is 7.13. The van der Waals surface area contributed by atoms with Crippen LogP contribution in [-0.2, 0) is 4.79 Å². The van der Waals surface area contributed by atoms with Crippen molar-refractivity contribution in [2.45, 2.75) is 25.4 Å². The van der Waals surface area contributed by atoms with E-state index in [1.165, 1.54) is 0 Å². The van der Waals surface area contributed by atoms with Crippen LogP contribution in [0.4, 0.5) is 0 Å². The Morgan fingerprint density at radius 1 is 1.33 bits per heavy atom. The van der Waals surface area contributed by atoms with Crippen LogP contribution in [0.3, 0.4) is 0 Å². The molecule has 0 aliphatic rings. The van der Waals surface area contributed by atoms with E-state index in [-0.39, 0.29) is 11.9 Å². The van der Waals surface area contributed by atoms with Crippen molar-refractivity contribution in [3.05, 3.63) is 35.9 Å². The minimum atomic E-state index is -0.590. The van der Waals surface area contributed by atoms with Gasteiger partial charge in [-0.2, -0.15) is 0 Å². The molecule has 0 aromatic heterocycles. The molecule has 4 heteroatoms. The highest BCUT2D eigenvalue weighted by Crippen LogP contribution is 2.09. The lowest BCUT2D eigenvalue weighted by Crippen LogP contribution is -2.40. The van der Waals surface area contributed by atoms with Gasteiger partial charge in [-0.25, -0.2) is 0 Å². The van der Waals surface area contributed by atoms with Crippen molar-refractivity contribution >= 4 is 5.91 Å². The van der Waals surface area contributed by atoms with Crippen molar-refractivity contribution < 1.29 is 4.79 Å². The summed E-state index contributed by atoms with van der Waals surface area (Å²) in [6.07, 6.45) is 0.917. The number of nitrogens with two attached hydrogens (primary N) is 1. The zero-order chi connectivity index (χ0) is 13.5. The molecule has 2 atom stereocenters. The van der Waals surface area contributed by atoms with Crippen LogP contribution < -0.4 is 11.1 Å². The first-order valence-corrected chi connectivity index (χ1v) is 6.26. The number of hydrogen-bond donors (Lipinski definition) is 2. The first-order valence-electron chi connectivity index (χ1n) is 6.26. The van der Waals surface area contributed by atoms with E-state index >= 15 is 0 Å². The zero-order valence-corrected chi connectivity index (χ0v) is 11.4. The predicted molar refractivity (Wildman–Crippen MR) is 74.1 cm³/mol. The normalized spacial score (nSPS) is 14.3. The molecule has 1 rings (SSSR count). The molecule has 0 saturated carbocycles. The van der Waals surface area contributed by atoms with Crippen LogP contribution in [-0.4, -0.2) is 37.5 Å². The third-order valence-electron chi connectivity index (χ3n) is 2.84. The molecular formula is C14H23N3O. The molecule has 1 aromatic carbocycles. The Bertz CT molecular complexity index is 365. The Balaban J connectivity index is 2.45. The lowest BCUT2D eigenvalue weighted by atomic mass is 10.1. The van der Waals surface area contributed by atoms with E-state index in [9.17, 15) is 4.79 Å². The molecular weight excluding hydrogens is 226 g/mol. The first kappa shape index (κ1) is 14.7. The highest BCUT2D eigenvalue weighted by molar-refractivity contribution is 5.83. The van der Waals surface area contributed by atoms with E-state index in [2.05, 4.69) is 10.2 Å². The second-order valence-electron chi connectivity index (χ2n) is 4.89. The van der Waals surface area contributed by atoms with Crippen LogP contribution in [0, 0.1) is 0 Å². The number of rotatable bonds is 6. The van der Waals surface area contributed by atoms with Gasteiger partial charge in [-0.3, -0.25) is 4.79 Å². The van der Waals surface area contributed by atoms with Crippen LogP contribution in [0.15, 0.2) is 30.3 Å². The molecule has 0 saturated heterocycles. The minimum Gasteiger partial charge on any atom is -0.352 e. The maximum atomic E-state index is 11.9. The molecule has 1 aromatic rings. The van der Waals surface area contributed by atoms with Gasteiger partial charge in [0, 0.05) is 6.04 Å². The van der Waals surface area contributed by atoms with Crippen molar-refractivity contribution in [1.29, 1.82) is 0 Å².